The fourth-order valence-electron chi connectivity index (χ4n) is 1.44. The first-order chi connectivity index (χ1) is 7.95. The Bertz CT molecular complexity index is 423. The van der Waals surface area contributed by atoms with E-state index in [4.69, 9.17) is 10.8 Å². The van der Waals surface area contributed by atoms with Crippen LogP contribution < -0.4 is 10.5 Å². The van der Waals surface area contributed by atoms with Gasteiger partial charge in [-0.05, 0) is 12.5 Å². The van der Waals surface area contributed by atoms with Gasteiger partial charge >= 0.3 is 5.97 Å². The average Bonchev–Trinajstić information content (AvgIpc) is 2.28. The Hall–Kier alpha value is -1.69. The molecule has 1 atom stereocenters. The van der Waals surface area contributed by atoms with Gasteiger partial charge < -0.3 is 15.6 Å². The molecule has 0 radical (unpaired) electrons. The van der Waals surface area contributed by atoms with E-state index < -0.39 is 23.6 Å². The Kier molecular flexibility index (Phi) is 4.39. The largest absolute Gasteiger partial charge is 0.494 e. The number of carboxylic acid groups (broad SMARTS) is 1. The molecule has 1 rings (SSSR count). The van der Waals surface area contributed by atoms with Gasteiger partial charge in [0.15, 0.2) is 11.6 Å². The minimum absolute atomic E-state index is 0.0266. The van der Waals surface area contributed by atoms with Gasteiger partial charge in [-0.3, -0.25) is 4.79 Å². The minimum Gasteiger partial charge on any atom is -0.494 e. The van der Waals surface area contributed by atoms with Crippen molar-refractivity contribution in [1.29, 1.82) is 0 Å². The lowest BCUT2D eigenvalue weighted by Gasteiger charge is -2.14. The lowest BCUT2D eigenvalue weighted by atomic mass is 10.0. The SMILES string of the molecule is COc1cc(F)cc(C(N)CCC(=O)O)c1F. The molecule has 0 bridgehead atoms. The number of nitrogens with two attached hydrogens (primary N) is 1. The van der Waals surface area contributed by atoms with E-state index in [2.05, 4.69) is 4.74 Å². The predicted molar refractivity (Wildman–Crippen MR) is 56.7 cm³/mol. The number of aliphatic carboxylic acids is 1. The van der Waals surface area contributed by atoms with Crippen molar-refractivity contribution in [3.63, 3.8) is 0 Å². The fraction of sp³-hybridized carbons (Fsp3) is 0.364. The number of hydrogen-bond acceptors (Lipinski definition) is 3. The van der Waals surface area contributed by atoms with Crippen molar-refractivity contribution in [2.24, 2.45) is 5.73 Å². The monoisotopic (exact) mass is 245 g/mol. The zero-order chi connectivity index (χ0) is 13.0. The number of rotatable bonds is 5. The Balaban J connectivity index is 2.96. The highest BCUT2D eigenvalue weighted by Crippen LogP contribution is 2.27. The molecule has 0 aliphatic heterocycles. The first-order valence-electron chi connectivity index (χ1n) is 4.96. The highest BCUT2D eigenvalue weighted by molar-refractivity contribution is 5.66. The molecule has 0 aliphatic rings. The Morgan fingerprint density at radius 2 is 2.18 bits per heavy atom. The number of hydrogen-bond donors (Lipinski definition) is 2. The maximum atomic E-state index is 13.7. The lowest BCUT2D eigenvalue weighted by molar-refractivity contribution is -0.137. The van der Waals surface area contributed by atoms with Crippen LogP contribution in [0.3, 0.4) is 0 Å². The van der Waals surface area contributed by atoms with Gasteiger partial charge in [-0.25, -0.2) is 8.78 Å². The van der Waals surface area contributed by atoms with Crippen molar-refractivity contribution < 1.29 is 23.4 Å². The number of methoxy groups -OCH3 is 1. The molecule has 1 unspecified atom stereocenters. The van der Waals surface area contributed by atoms with Crippen LogP contribution in [0, 0.1) is 11.6 Å². The van der Waals surface area contributed by atoms with Crippen LogP contribution in [0.2, 0.25) is 0 Å². The Morgan fingerprint density at radius 3 is 2.71 bits per heavy atom. The second-order valence-corrected chi connectivity index (χ2v) is 3.55. The maximum Gasteiger partial charge on any atom is 0.303 e. The van der Waals surface area contributed by atoms with Crippen LogP contribution in [-0.4, -0.2) is 18.2 Å². The first kappa shape index (κ1) is 13.4. The molecule has 0 amide bonds. The van der Waals surface area contributed by atoms with E-state index in [9.17, 15) is 13.6 Å². The molecule has 1 aromatic rings. The van der Waals surface area contributed by atoms with Crippen molar-refractivity contribution in [2.75, 3.05) is 7.11 Å². The lowest BCUT2D eigenvalue weighted by Crippen LogP contribution is -2.14. The van der Waals surface area contributed by atoms with Crippen molar-refractivity contribution in [3.8, 4) is 5.75 Å². The molecule has 0 aromatic heterocycles. The normalized spacial score (nSPS) is 12.2. The van der Waals surface area contributed by atoms with Gasteiger partial charge in [-0.15, -0.1) is 0 Å². The van der Waals surface area contributed by atoms with Crippen LogP contribution in [0.15, 0.2) is 12.1 Å². The fourth-order valence-corrected chi connectivity index (χ4v) is 1.44. The summed E-state index contributed by atoms with van der Waals surface area (Å²) in [4.78, 5) is 10.4. The molecule has 94 valence electrons. The van der Waals surface area contributed by atoms with Gasteiger partial charge in [0.1, 0.15) is 5.82 Å². The molecular formula is C11H13F2NO3. The third-order valence-corrected chi connectivity index (χ3v) is 2.32. The Labute approximate surface area is 97.0 Å². The molecule has 0 spiro atoms. The average molecular weight is 245 g/mol. The quantitative estimate of drug-likeness (QED) is 0.830. The zero-order valence-corrected chi connectivity index (χ0v) is 9.24. The zero-order valence-electron chi connectivity index (χ0n) is 9.24. The number of carbonyl (C=O) groups is 1. The van der Waals surface area contributed by atoms with Crippen molar-refractivity contribution in [2.45, 2.75) is 18.9 Å². The van der Waals surface area contributed by atoms with Gasteiger partial charge in [0.05, 0.1) is 7.11 Å². The van der Waals surface area contributed by atoms with E-state index in [0.717, 1.165) is 12.1 Å². The number of halogens is 2. The summed E-state index contributed by atoms with van der Waals surface area (Å²) < 4.78 is 31.5. The molecule has 0 saturated carbocycles. The van der Waals surface area contributed by atoms with Gasteiger partial charge in [-0.2, -0.15) is 0 Å². The topological polar surface area (TPSA) is 72.5 Å². The highest BCUT2D eigenvalue weighted by atomic mass is 19.1. The standard InChI is InChI=1S/C11H13F2NO3/c1-17-9-5-6(12)4-7(11(9)13)8(14)2-3-10(15)16/h4-5,8H,2-3,14H2,1H3,(H,15,16). The molecule has 0 aliphatic carbocycles. The van der Waals surface area contributed by atoms with E-state index in [-0.39, 0.29) is 24.2 Å². The molecule has 0 saturated heterocycles. The minimum atomic E-state index is -1.04. The van der Waals surface area contributed by atoms with E-state index in [1.165, 1.54) is 7.11 Å². The van der Waals surface area contributed by atoms with E-state index in [0.29, 0.717) is 0 Å². The summed E-state index contributed by atoms with van der Waals surface area (Å²) in [6.07, 6.45) is -0.182. The summed E-state index contributed by atoms with van der Waals surface area (Å²) >= 11 is 0. The van der Waals surface area contributed by atoms with Crippen LogP contribution in [0.25, 0.3) is 0 Å². The van der Waals surface area contributed by atoms with E-state index in [1.807, 2.05) is 0 Å². The second kappa shape index (κ2) is 5.58. The molecule has 6 heteroatoms. The van der Waals surface area contributed by atoms with Crippen LogP contribution in [-0.2, 0) is 4.79 Å². The second-order valence-electron chi connectivity index (χ2n) is 3.55. The summed E-state index contributed by atoms with van der Waals surface area (Å²) in [5.41, 5.74) is 5.53. The summed E-state index contributed by atoms with van der Waals surface area (Å²) in [5.74, 6) is -2.72. The first-order valence-corrected chi connectivity index (χ1v) is 4.96. The third kappa shape index (κ3) is 3.39. The van der Waals surface area contributed by atoms with E-state index in [1.54, 1.807) is 0 Å². The van der Waals surface area contributed by atoms with Crippen LogP contribution >= 0.6 is 0 Å². The summed E-state index contributed by atoms with van der Waals surface area (Å²) in [5, 5.41) is 8.49. The number of benzene rings is 1. The number of carboxylic acids is 1. The van der Waals surface area contributed by atoms with Gasteiger partial charge in [0.25, 0.3) is 0 Å². The molecule has 3 N–H and O–H groups in total. The van der Waals surface area contributed by atoms with Gasteiger partial charge in [0, 0.05) is 24.1 Å². The predicted octanol–water partition coefficient (Wildman–Crippen LogP) is 1.84. The van der Waals surface area contributed by atoms with Crippen LogP contribution in [0.5, 0.6) is 5.75 Å². The highest BCUT2D eigenvalue weighted by Gasteiger charge is 2.18. The van der Waals surface area contributed by atoms with Crippen molar-refractivity contribution in [1.82, 2.24) is 0 Å². The Morgan fingerprint density at radius 1 is 1.53 bits per heavy atom. The molecule has 17 heavy (non-hydrogen) atoms. The molecule has 1 aromatic carbocycles. The van der Waals surface area contributed by atoms with Gasteiger partial charge in [-0.1, -0.05) is 0 Å². The number of ether oxygens (including phenoxy) is 1. The van der Waals surface area contributed by atoms with Crippen LogP contribution in [0.4, 0.5) is 8.78 Å². The van der Waals surface area contributed by atoms with Crippen molar-refractivity contribution in [3.05, 3.63) is 29.3 Å². The molecular weight excluding hydrogens is 232 g/mol. The van der Waals surface area contributed by atoms with Crippen molar-refractivity contribution >= 4 is 5.97 Å². The smallest absolute Gasteiger partial charge is 0.303 e. The van der Waals surface area contributed by atoms with Crippen LogP contribution in [0.1, 0.15) is 24.4 Å². The molecule has 0 heterocycles. The summed E-state index contributed by atoms with van der Waals surface area (Å²) in [6.45, 7) is 0. The maximum absolute atomic E-state index is 13.7. The van der Waals surface area contributed by atoms with E-state index >= 15 is 0 Å². The molecule has 0 fully saturated rings. The third-order valence-electron chi connectivity index (χ3n) is 2.32. The molecule has 4 nitrogen and oxygen atoms in total. The summed E-state index contributed by atoms with van der Waals surface area (Å²) in [7, 11) is 1.21. The van der Waals surface area contributed by atoms with Gasteiger partial charge in [0.2, 0.25) is 0 Å². The summed E-state index contributed by atoms with van der Waals surface area (Å²) in [6, 6.07) is 0.975.